The highest BCUT2D eigenvalue weighted by atomic mass is 19.1. The molecule has 2 aromatic rings. The standard InChI is InChI=1S/C19H22FN3O/c1-2-15-6-8-18(9-7-15)22-10-12-23(13-11-22)19(24)21-17-5-3-4-16(20)14-17/h3-9,14H,2,10-13H2,1H3,(H,21,24). The van der Waals surface area contributed by atoms with E-state index < -0.39 is 0 Å². The zero-order chi connectivity index (χ0) is 16.9. The topological polar surface area (TPSA) is 35.6 Å². The molecule has 0 aliphatic carbocycles. The smallest absolute Gasteiger partial charge is 0.321 e. The van der Waals surface area contributed by atoms with Gasteiger partial charge >= 0.3 is 6.03 Å². The van der Waals surface area contributed by atoms with E-state index in [1.807, 2.05) is 0 Å². The molecule has 1 aliphatic heterocycles. The summed E-state index contributed by atoms with van der Waals surface area (Å²) in [6, 6.07) is 14.4. The molecule has 0 bridgehead atoms. The number of hydrogen-bond acceptors (Lipinski definition) is 2. The van der Waals surface area contributed by atoms with Gasteiger partial charge in [0.05, 0.1) is 0 Å². The third kappa shape index (κ3) is 3.85. The Bertz CT molecular complexity index is 694. The van der Waals surface area contributed by atoms with Crippen LogP contribution in [0.1, 0.15) is 12.5 Å². The fourth-order valence-electron chi connectivity index (χ4n) is 2.88. The molecule has 3 rings (SSSR count). The number of nitrogens with zero attached hydrogens (tertiary/aromatic N) is 2. The van der Waals surface area contributed by atoms with Crippen molar-refractivity contribution in [3.05, 3.63) is 59.9 Å². The predicted molar refractivity (Wildman–Crippen MR) is 95.0 cm³/mol. The number of urea groups is 1. The van der Waals surface area contributed by atoms with Crippen molar-refractivity contribution < 1.29 is 9.18 Å². The number of rotatable bonds is 3. The van der Waals surface area contributed by atoms with Crippen LogP contribution < -0.4 is 10.2 Å². The Labute approximate surface area is 141 Å². The summed E-state index contributed by atoms with van der Waals surface area (Å²) in [4.78, 5) is 16.3. The van der Waals surface area contributed by atoms with Gasteiger partial charge in [-0.05, 0) is 42.3 Å². The van der Waals surface area contributed by atoms with Gasteiger partial charge in [0.25, 0.3) is 0 Å². The summed E-state index contributed by atoms with van der Waals surface area (Å²) in [5, 5.41) is 2.75. The Kier molecular flexibility index (Phi) is 4.99. The first-order chi connectivity index (χ1) is 11.7. The van der Waals surface area contributed by atoms with E-state index in [2.05, 4.69) is 41.4 Å². The highest BCUT2D eigenvalue weighted by Crippen LogP contribution is 2.18. The fraction of sp³-hybridized carbons (Fsp3) is 0.316. The highest BCUT2D eigenvalue weighted by molar-refractivity contribution is 5.89. The van der Waals surface area contributed by atoms with E-state index in [0.717, 1.165) is 19.5 Å². The maximum Gasteiger partial charge on any atom is 0.321 e. The number of hydrogen-bond donors (Lipinski definition) is 1. The van der Waals surface area contributed by atoms with Gasteiger partial charge in [-0.15, -0.1) is 0 Å². The van der Waals surface area contributed by atoms with Crippen molar-refractivity contribution in [1.82, 2.24) is 4.90 Å². The molecule has 0 unspecified atom stereocenters. The third-order valence-corrected chi connectivity index (χ3v) is 4.35. The van der Waals surface area contributed by atoms with Crippen LogP contribution in [0.4, 0.5) is 20.6 Å². The van der Waals surface area contributed by atoms with Crippen molar-refractivity contribution in [2.24, 2.45) is 0 Å². The van der Waals surface area contributed by atoms with Gasteiger partial charge in [0.1, 0.15) is 5.82 Å². The minimum Gasteiger partial charge on any atom is -0.368 e. The maximum absolute atomic E-state index is 13.2. The molecule has 5 heteroatoms. The van der Waals surface area contributed by atoms with E-state index >= 15 is 0 Å². The van der Waals surface area contributed by atoms with Crippen molar-refractivity contribution in [3.63, 3.8) is 0 Å². The van der Waals surface area contributed by atoms with Crippen LogP contribution in [0.2, 0.25) is 0 Å². The number of aryl methyl sites for hydroxylation is 1. The Hall–Kier alpha value is -2.56. The lowest BCUT2D eigenvalue weighted by molar-refractivity contribution is 0.208. The Morgan fingerprint density at radius 2 is 1.79 bits per heavy atom. The number of halogens is 1. The summed E-state index contributed by atoms with van der Waals surface area (Å²) in [5.41, 5.74) is 3.00. The predicted octanol–water partition coefficient (Wildman–Crippen LogP) is 3.74. The van der Waals surface area contributed by atoms with Crippen molar-refractivity contribution in [1.29, 1.82) is 0 Å². The first kappa shape index (κ1) is 16.3. The summed E-state index contributed by atoms with van der Waals surface area (Å²) in [6.45, 7) is 5.03. The van der Waals surface area contributed by atoms with E-state index in [1.54, 1.807) is 17.0 Å². The quantitative estimate of drug-likeness (QED) is 0.932. The SMILES string of the molecule is CCc1ccc(N2CCN(C(=O)Nc3cccc(F)c3)CC2)cc1. The van der Waals surface area contributed by atoms with E-state index in [-0.39, 0.29) is 11.8 Å². The molecule has 0 aromatic heterocycles. The Balaban J connectivity index is 1.55. The molecule has 0 atom stereocenters. The van der Waals surface area contributed by atoms with E-state index in [1.165, 1.54) is 23.4 Å². The van der Waals surface area contributed by atoms with Crippen LogP contribution in [-0.2, 0) is 6.42 Å². The number of carbonyl (C=O) groups excluding carboxylic acids is 1. The summed E-state index contributed by atoms with van der Waals surface area (Å²) in [5.74, 6) is -0.354. The Morgan fingerprint density at radius 3 is 2.42 bits per heavy atom. The molecule has 0 radical (unpaired) electrons. The average Bonchev–Trinajstić information content (AvgIpc) is 2.62. The van der Waals surface area contributed by atoms with E-state index in [4.69, 9.17) is 0 Å². The molecule has 0 spiro atoms. The van der Waals surface area contributed by atoms with Gasteiger partial charge < -0.3 is 15.1 Å². The van der Waals surface area contributed by atoms with Gasteiger partial charge in [-0.3, -0.25) is 0 Å². The molecule has 1 fully saturated rings. The minimum absolute atomic E-state index is 0.179. The van der Waals surface area contributed by atoms with Crippen LogP contribution >= 0.6 is 0 Å². The number of amides is 2. The first-order valence-electron chi connectivity index (χ1n) is 8.31. The molecule has 2 aromatic carbocycles. The van der Waals surface area contributed by atoms with Crippen molar-refractivity contribution in [3.8, 4) is 0 Å². The molecule has 1 heterocycles. The van der Waals surface area contributed by atoms with Crippen molar-refractivity contribution in [2.75, 3.05) is 36.4 Å². The lowest BCUT2D eigenvalue weighted by Crippen LogP contribution is -2.50. The molecule has 1 saturated heterocycles. The van der Waals surface area contributed by atoms with Crippen molar-refractivity contribution >= 4 is 17.4 Å². The van der Waals surface area contributed by atoms with Crippen LogP contribution in [0.3, 0.4) is 0 Å². The van der Waals surface area contributed by atoms with Gasteiger partial charge in [-0.1, -0.05) is 25.1 Å². The first-order valence-corrected chi connectivity index (χ1v) is 8.31. The van der Waals surface area contributed by atoms with Gasteiger partial charge in [0.15, 0.2) is 0 Å². The third-order valence-electron chi connectivity index (χ3n) is 4.35. The normalized spacial score (nSPS) is 14.6. The summed E-state index contributed by atoms with van der Waals surface area (Å²) in [7, 11) is 0. The second-order valence-corrected chi connectivity index (χ2v) is 5.93. The molecule has 1 aliphatic rings. The number of carbonyl (C=O) groups is 1. The van der Waals surface area contributed by atoms with Crippen LogP contribution in [0.15, 0.2) is 48.5 Å². The van der Waals surface area contributed by atoms with Gasteiger partial charge in [0, 0.05) is 37.6 Å². The second-order valence-electron chi connectivity index (χ2n) is 5.93. The fourth-order valence-corrected chi connectivity index (χ4v) is 2.88. The van der Waals surface area contributed by atoms with Gasteiger partial charge in [0.2, 0.25) is 0 Å². The van der Waals surface area contributed by atoms with Crippen LogP contribution in [0.25, 0.3) is 0 Å². The number of anilines is 2. The molecule has 4 nitrogen and oxygen atoms in total. The van der Waals surface area contributed by atoms with Gasteiger partial charge in [-0.2, -0.15) is 0 Å². The highest BCUT2D eigenvalue weighted by Gasteiger charge is 2.21. The van der Waals surface area contributed by atoms with E-state index in [9.17, 15) is 9.18 Å². The van der Waals surface area contributed by atoms with Crippen LogP contribution in [-0.4, -0.2) is 37.1 Å². The minimum atomic E-state index is -0.354. The monoisotopic (exact) mass is 327 g/mol. The second kappa shape index (κ2) is 7.34. The Morgan fingerprint density at radius 1 is 1.08 bits per heavy atom. The van der Waals surface area contributed by atoms with Crippen LogP contribution in [0, 0.1) is 5.82 Å². The molecular formula is C19H22FN3O. The van der Waals surface area contributed by atoms with Gasteiger partial charge in [-0.25, -0.2) is 9.18 Å². The number of nitrogens with one attached hydrogen (secondary N) is 1. The molecule has 126 valence electrons. The number of benzene rings is 2. The largest absolute Gasteiger partial charge is 0.368 e. The molecule has 1 N–H and O–H groups in total. The zero-order valence-electron chi connectivity index (χ0n) is 13.8. The maximum atomic E-state index is 13.2. The summed E-state index contributed by atoms with van der Waals surface area (Å²) < 4.78 is 13.2. The summed E-state index contributed by atoms with van der Waals surface area (Å²) >= 11 is 0. The number of piperazine rings is 1. The van der Waals surface area contributed by atoms with E-state index in [0.29, 0.717) is 18.8 Å². The molecular weight excluding hydrogens is 305 g/mol. The van der Waals surface area contributed by atoms with Crippen LogP contribution in [0.5, 0.6) is 0 Å². The molecule has 2 amide bonds. The zero-order valence-corrected chi connectivity index (χ0v) is 13.8. The lowest BCUT2D eigenvalue weighted by atomic mass is 10.1. The molecule has 24 heavy (non-hydrogen) atoms. The molecule has 0 saturated carbocycles. The lowest BCUT2D eigenvalue weighted by Gasteiger charge is -2.36. The summed E-state index contributed by atoms with van der Waals surface area (Å²) in [6.07, 6.45) is 1.04. The van der Waals surface area contributed by atoms with Crippen molar-refractivity contribution in [2.45, 2.75) is 13.3 Å². The average molecular weight is 327 g/mol.